The molecule has 1 amide bonds. The lowest BCUT2D eigenvalue weighted by molar-refractivity contribution is -0.126. The van der Waals surface area contributed by atoms with Crippen LogP contribution in [0.1, 0.15) is 26.2 Å². The topological polar surface area (TPSA) is 29.1 Å². The first-order valence-electron chi connectivity index (χ1n) is 4.02. The van der Waals surface area contributed by atoms with Crippen LogP contribution in [-0.4, -0.2) is 12.5 Å². The van der Waals surface area contributed by atoms with Crippen LogP contribution in [0.25, 0.3) is 0 Å². The largest absolute Gasteiger partial charge is 0.356 e. The van der Waals surface area contributed by atoms with E-state index in [1.54, 1.807) is 6.92 Å². The first-order chi connectivity index (χ1) is 5.34. The maximum Gasteiger partial charge on any atom is 0.224 e. The van der Waals surface area contributed by atoms with Crippen LogP contribution in [-0.2, 0) is 4.79 Å². The summed E-state index contributed by atoms with van der Waals surface area (Å²) in [5.41, 5.74) is 0. The number of hydrogen-bond donors (Lipinski definition) is 1. The van der Waals surface area contributed by atoms with E-state index in [0.29, 0.717) is 0 Å². The van der Waals surface area contributed by atoms with E-state index in [2.05, 4.69) is 17.2 Å². The zero-order chi connectivity index (χ0) is 8.10. The predicted octanol–water partition coefficient (Wildman–Crippen LogP) is 0.926. The van der Waals surface area contributed by atoms with Crippen LogP contribution in [0.5, 0.6) is 0 Å². The van der Waals surface area contributed by atoms with Crippen LogP contribution in [0.2, 0.25) is 0 Å². The number of carbonyl (C=O) groups is 1. The van der Waals surface area contributed by atoms with Gasteiger partial charge in [0.2, 0.25) is 5.91 Å². The molecule has 60 valence electrons. The summed E-state index contributed by atoms with van der Waals surface area (Å²) in [6, 6.07) is 0. The molecule has 2 nitrogen and oxygen atoms in total. The van der Waals surface area contributed by atoms with Gasteiger partial charge in [0.25, 0.3) is 0 Å². The Hall–Kier alpha value is -0.970. The maximum absolute atomic E-state index is 11.1. The average Bonchev–Trinajstić information content (AvgIpc) is 2.03. The standard InChI is InChI=1S/C9H13NO/c1-2-3-5-8-6-4-7-10-9(8)11/h8H,4-7H2,1H3,(H,10,11). The van der Waals surface area contributed by atoms with Gasteiger partial charge in [-0.05, 0) is 19.8 Å². The minimum absolute atomic E-state index is 0.149. The molecule has 1 saturated heterocycles. The Morgan fingerprint density at radius 3 is 3.18 bits per heavy atom. The molecule has 0 saturated carbocycles. The van der Waals surface area contributed by atoms with E-state index < -0.39 is 0 Å². The van der Waals surface area contributed by atoms with Crippen molar-refractivity contribution in [3.8, 4) is 11.8 Å². The highest BCUT2D eigenvalue weighted by Gasteiger charge is 2.20. The minimum atomic E-state index is 0.149. The third-order valence-corrected chi connectivity index (χ3v) is 1.92. The summed E-state index contributed by atoms with van der Waals surface area (Å²) in [7, 11) is 0. The van der Waals surface area contributed by atoms with Gasteiger partial charge in [-0.2, -0.15) is 0 Å². The molecular formula is C9H13NO. The lowest BCUT2D eigenvalue weighted by Gasteiger charge is -2.19. The van der Waals surface area contributed by atoms with Gasteiger partial charge in [-0.25, -0.2) is 0 Å². The van der Waals surface area contributed by atoms with E-state index >= 15 is 0 Å². The van der Waals surface area contributed by atoms with Crippen molar-refractivity contribution in [2.45, 2.75) is 26.2 Å². The van der Waals surface area contributed by atoms with Crippen molar-refractivity contribution in [2.24, 2.45) is 5.92 Å². The van der Waals surface area contributed by atoms with Crippen LogP contribution in [0, 0.1) is 17.8 Å². The fourth-order valence-electron chi connectivity index (χ4n) is 1.26. The minimum Gasteiger partial charge on any atom is -0.356 e. The molecule has 1 heterocycles. The molecule has 0 aromatic heterocycles. The first-order valence-corrected chi connectivity index (χ1v) is 4.02. The molecule has 1 rings (SSSR count). The van der Waals surface area contributed by atoms with E-state index in [4.69, 9.17) is 0 Å². The summed E-state index contributed by atoms with van der Waals surface area (Å²) in [6.45, 7) is 2.65. The quantitative estimate of drug-likeness (QED) is 0.555. The first kappa shape index (κ1) is 8.13. The van der Waals surface area contributed by atoms with Gasteiger partial charge in [-0.3, -0.25) is 4.79 Å². The van der Waals surface area contributed by atoms with Crippen molar-refractivity contribution in [3.63, 3.8) is 0 Å². The number of amides is 1. The highest BCUT2D eigenvalue weighted by Crippen LogP contribution is 2.13. The molecule has 0 spiro atoms. The molecule has 1 aliphatic rings. The highest BCUT2D eigenvalue weighted by molar-refractivity contribution is 5.79. The number of hydrogen-bond acceptors (Lipinski definition) is 1. The van der Waals surface area contributed by atoms with Gasteiger partial charge in [-0.15, -0.1) is 11.8 Å². The third kappa shape index (κ3) is 2.27. The van der Waals surface area contributed by atoms with E-state index in [0.717, 1.165) is 25.8 Å². The van der Waals surface area contributed by atoms with Gasteiger partial charge in [0.05, 0.1) is 0 Å². The molecule has 1 atom stereocenters. The maximum atomic E-state index is 11.1. The normalized spacial score (nSPS) is 23.4. The van der Waals surface area contributed by atoms with Crippen molar-refractivity contribution in [2.75, 3.05) is 6.54 Å². The number of rotatable bonds is 1. The molecular weight excluding hydrogens is 138 g/mol. The zero-order valence-corrected chi connectivity index (χ0v) is 6.81. The molecule has 11 heavy (non-hydrogen) atoms. The monoisotopic (exact) mass is 151 g/mol. The van der Waals surface area contributed by atoms with Crippen molar-refractivity contribution < 1.29 is 4.79 Å². The average molecular weight is 151 g/mol. The van der Waals surface area contributed by atoms with Crippen molar-refractivity contribution in [1.29, 1.82) is 0 Å². The Labute approximate surface area is 67.4 Å². The molecule has 2 heteroatoms. The zero-order valence-electron chi connectivity index (χ0n) is 6.81. The Morgan fingerprint density at radius 1 is 1.73 bits per heavy atom. The molecule has 1 fully saturated rings. The Kier molecular flexibility index (Phi) is 2.97. The summed E-state index contributed by atoms with van der Waals surface area (Å²) < 4.78 is 0. The molecule has 0 radical (unpaired) electrons. The molecule has 0 aromatic carbocycles. The molecule has 1 aliphatic heterocycles. The van der Waals surface area contributed by atoms with E-state index in [9.17, 15) is 4.79 Å². The van der Waals surface area contributed by atoms with E-state index in [1.165, 1.54) is 0 Å². The molecule has 0 aromatic rings. The SMILES string of the molecule is CC#CCC1CCCNC1=O. The van der Waals surface area contributed by atoms with Crippen LogP contribution >= 0.6 is 0 Å². The van der Waals surface area contributed by atoms with Gasteiger partial charge in [-0.1, -0.05) is 0 Å². The van der Waals surface area contributed by atoms with Gasteiger partial charge >= 0.3 is 0 Å². The van der Waals surface area contributed by atoms with E-state index in [1.807, 2.05) is 0 Å². The molecule has 1 N–H and O–H groups in total. The van der Waals surface area contributed by atoms with Crippen molar-refractivity contribution in [1.82, 2.24) is 5.32 Å². The van der Waals surface area contributed by atoms with Gasteiger partial charge < -0.3 is 5.32 Å². The van der Waals surface area contributed by atoms with Crippen molar-refractivity contribution in [3.05, 3.63) is 0 Å². The number of carbonyl (C=O) groups excluding carboxylic acids is 1. The summed E-state index contributed by atoms with van der Waals surface area (Å²) in [5, 5.41) is 2.83. The second kappa shape index (κ2) is 4.02. The Morgan fingerprint density at radius 2 is 2.55 bits per heavy atom. The van der Waals surface area contributed by atoms with Crippen molar-refractivity contribution >= 4 is 5.91 Å². The highest BCUT2D eigenvalue weighted by atomic mass is 16.1. The van der Waals surface area contributed by atoms with Crippen LogP contribution < -0.4 is 5.32 Å². The fraction of sp³-hybridized carbons (Fsp3) is 0.667. The third-order valence-electron chi connectivity index (χ3n) is 1.92. The summed E-state index contributed by atoms with van der Waals surface area (Å²) in [6.07, 6.45) is 2.82. The second-order valence-electron chi connectivity index (χ2n) is 2.76. The summed E-state index contributed by atoms with van der Waals surface area (Å²) in [4.78, 5) is 11.1. The fourth-order valence-corrected chi connectivity index (χ4v) is 1.26. The number of nitrogens with one attached hydrogen (secondary N) is 1. The smallest absolute Gasteiger partial charge is 0.224 e. The molecule has 0 aliphatic carbocycles. The lowest BCUT2D eigenvalue weighted by atomic mass is 9.96. The predicted molar refractivity (Wildman–Crippen MR) is 43.8 cm³/mol. The van der Waals surface area contributed by atoms with Gasteiger partial charge in [0.1, 0.15) is 0 Å². The van der Waals surface area contributed by atoms with Gasteiger partial charge in [0.15, 0.2) is 0 Å². The molecule has 0 bridgehead atoms. The van der Waals surface area contributed by atoms with E-state index in [-0.39, 0.29) is 11.8 Å². The summed E-state index contributed by atoms with van der Waals surface area (Å²) in [5.74, 6) is 6.07. The van der Waals surface area contributed by atoms with Gasteiger partial charge in [0, 0.05) is 18.9 Å². The Bertz CT molecular complexity index is 199. The number of piperidine rings is 1. The summed E-state index contributed by atoms with van der Waals surface area (Å²) >= 11 is 0. The van der Waals surface area contributed by atoms with Crippen LogP contribution in [0.15, 0.2) is 0 Å². The second-order valence-corrected chi connectivity index (χ2v) is 2.76. The molecule has 1 unspecified atom stereocenters. The lowest BCUT2D eigenvalue weighted by Crippen LogP contribution is -2.36. The van der Waals surface area contributed by atoms with Crippen LogP contribution in [0.4, 0.5) is 0 Å². The van der Waals surface area contributed by atoms with Crippen LogP contribution in [0.3, 0.4) is 0 Å². The Balaban J connectivity index is 2.39.